The molecule has 11 nitrogen and oxygen atoms in total. The summed E-state index contributed by atoms with van der Waals surface area (Å²) >= 11 is 0. The van der Waals surface area contributed by atoms with E-state index in [0.717, 1.165) is 5.56 Å². The molecule has 0 saturated carbocycles. The van der Waals surface area contributed by atoms with Crippen LogP contribution < -0.4 is 10.6 Å². The van der Waals surface area contributed by atoms with Crippen molar-refractivity contribution in [1.29, 1.82) is 0 Å². The highest BCUT2D eigenvalue weighted by molar-refractivity contribution is 5.92. The van der Waals surface area contributed by atoms with Crippen LogP contribution in [0.15, 0.2) is 30.3 Å². The molecule has 1 heterocycles. The molecule has 2 N–H and O–H groups in total. The number of ether oxygens (including phenoxy) is 3. The average Bonchev–Trinajstić information content (AvgIpc) is 3.24. The van der Waals surface area contributed by atoms with Gasteiger partial charge < -0.3 is 29.7 Å². The van der Waals surface area contributed by atoms with Gasteiger partial charge in [0.1, 0.15) is 19.7 Å². The van der Waals surface area contributed by atoms with Gasteiger partial charge in [-0.25, -0.2) is 4.79 Å². The molecular weight excluding hydrogens is 422 g/mol. The zero-order valence-electron chi connectivity index (χ0n) is 18.0. The second-order valence-corrected chi connectivity index (χ2v) is 7.28. The molecule has 32 heavy (non-hydrogen) atoms. The molecule has 1 aliphatic rings. The molecule has 0 bridgehead atoms. The maximum absolute atomic E-state index is 12.9. The Morgan fingerprint density at radius 2 is 1.59 bits per heavy atom. The summed E-state index contributed by atoms with van der Waals surface area (Å²) in [6, 6.07) is 9.12. The Bertz CT molecular complexity index is 845. The average molecular weight is 449 g/mol. The van der Waals surface area contributed by atoms with Gasteiger partial charge in [-0.15, -0.1) is 0 Å². The van der Waals surface area contributed by atoms with Crippen LogP contribution in [-0.4, -0.2) is 75.1 Å². The number of benzene rings is 1. The lowest BCUT2D eigenvalue weighted by molar-refractivity contribution is -0.144. The summed E-state index contributed by atoms with van der Waals surface area (Å²) in [6.45, 7) is -0.558. The smallest absolute Gasteiger partial charge is 0.410 e. The fourth-order valence-electron chi connectivity index (χ4n) is 3.27. The van der Waals surface area contributed by atoms with E-state index < -0.39 is 35.3 Å². The van der Waals surface area contributed by atoms with Gasteiger partial charge >= 0.3 is 18.0 Å². The van der Waals surface area contributed by atoms with Crippen molar-refractivity contribution in [3.63, 3.8) is 0 Å². The molecule has 11 heteroatoms. The molecule has 0 spiro atoms. The zero-order chi connectivity index (χ0) is 23.6. The zero-order valence-corrected chi connectivity index (χ0v) is 18.0. The van der Waals surface area contributed by atoms with E-state index >= 15 is 0 Å². The first-order valence-corrected chi connectivity index (χ1v) is 9.94. The van der Waals surface area contributed by atoms with Crippen molar-refractivity contribution in [2.45, 2.75) is 19.4 Å². The summed E-state index contributed by atoms with van der Waals surface area (Å²) in [7, 11) is 2.37. The fourth-order valence-corrected chi connectivity index (χ4v) is 3.27. The second kappa shape index (κ2) is 11.7. The molecule has 0 radical (unpaired) electrons. The fraction of sp³-hybridized carbons (Fsp3) is 0.476. The molecule has 0 unspecified atom stereocenters. The number of nitrogens with zero attached hydrogens (tertiary/aromatic N) is 1. The van der Waals surface area contributed by atoms with Crippen LogP contribution in [0.2, 0.25) is 0 Å². The Balaban J connectivity index is 2.04. The number of methoxy groups -OCH3 is 2. The largest absolute Gasteiger partial charge is 0.468 e. The Morgan fingerprint density at radius 3 is 2.22 bits per heavy atom. The van der Waals surface area contributed by atoms with E-state index in [-0.39, 0.29) is 45.6 Å². The Morgan fingerprint density at radius 1 is 0.969 bits per heavy atom. The summed E-state index contributed by atoms with van der Waals surface area (Å²) in [5.41, 5.74) is -0.482. The minimum absolute atomic E-state index is 0.0668. The monoisotopic (exact) mass is 449 g/mol. The molecule has 0 aromatic heterocycles. The first-order valence-electron chi connectivity index (χ1n) is 9.94. The minimum Gasteiger partial charge on any atom is -0.468 e. The summed E-state index contributed by atoms with van der Waals surface area (Å²) in [4.78, 5) is 61.8. The van der Waals surface area contributed by atoms with Crippen molar-refractivity contribution >= 4 is 29.8 Å². The van der Waals surface area contributed by atoms with E-state index in [1.165, 1.54) is 19.1 Å². The molecule has 1 saturated heterocycles. The third-order valence-corrected chi connectivity index (χ3v) is 5.08. The van der Waals surface area contributed by atoms with Crippen LogP contribution in [0.1, 0.15) is 18.4 Å². The van der Waals surface area contributed by atoms with Crippen molar-refractivity contribution in [3.05, 3.63) is 35.9 Å². The molecule has 1 aliphatic heterocycles. The van der Waals surface area contributed by atoms with Gasteiger partial charge in [0.25, 0.3) is 0 Å². The summed E-state index contributed by atoms with van der Waals surface area (Å²) in [5, 5.41) is 4.84. The third-order valence-electron chi connectivity index (χ3n) is 5.08. The van der Waals surface area contributed by atoms with E-state index in [0.29, 0.717) is 0 Å². The lowest BCUT2D eigenvalue weighted by atomic mass is 9.82. The molecule has 1 aromatic carbocycles. The number of hydrogen-bond donors (Lipinski definition) is 2. The molecule has 1 aromatic rings. The maximum Gasteiger partial charge on any atom is 0.410 e. The summed E-state index contributed by atoms with van der Waals surface area (Å²) in [6.07, 6.45) is -0.739. The van der Waals surface area contributed by atoms with Crippen molar-refractivity contribution in [2.24, 2.45) is 5.41 Å². The summed E-state index contributed by atoms with van der Waals surface area (Å²) < 4.78 is 14.3. The molecule has 1 atom stereocenters. The van der Waals surface area contributed by atoms with E-state index in [1.807, 2.05) is 30.3 Å². The Hall–Kier alpha value is -3.63. The Kier molecular flexibility index (Phi) is 8.99. The lowest BCUT2D eigenvalue weighted by Crippen LogP contribution is -2.48. The molecule has 1 fully saturated rings. The lowest BCUT2D eigenvalue weighted by Gasteiger charge is -2.27. The van der Waals surface area contributed by atoms with Gasteiger partial charge in [0.05, 0.1) is 19.6 Å². The van der Waals surface area contributed by atoms with Crippen molar-refractivity contribution in [1.82, 2.24) is 15.5 Å². The van der Waals surface area contributed by atoms with Gasteiger partial charge in [0.2, 0.25) is 11.8 Å². The predicted octanol–water partition coefficient (Wildman–Crippen LogP) is -0.0162. The second-order valence-electron chi connectivity index (χ2n) is 7.28. The molecular formula is C21H27N3O8. The molecule has 3 amide bonds. The normalized spacial score (nSPS) is 17.2. The van der Waals surface area contributed by atoms with Gasteiger partial charge in [0, 0.05) is 19.5 Å². The van der Waals surface area contributed by atoms with Gasteiger partial charge in [-0.3, -0.25) is 19.2 Å². The number of hydrogen-bond acceptors (Lipinski definition) is 8. The first kappa shape index (κ1) is 24.6. The standard InChI is InChI=1S/C21H27N3O8/c1-30-17(26)11-22-16(25)10-21(19(28)23-12-18(27)31-2)8-9-24(14-21)20(29)32-13-15-6-4-3-5-7-15/h3-7H,8-14H2,1-2H3,(H,22,25)(H,23,28)/t21-/m0/s1. The van der Waals surface area contributed by atoms with Crippen molar-refractivity contribution in [2.75, 3.05) is 40.4 Å². The maximum atomic E-state index is 12.9. The highest BCUT2D eigenvalue weighted by Gasteiger charge is 2.48. The molecule has 2 rings (SSSR count). The van der Waals surface area contributed by atoms with Crippen LogP contribution in [-0.2, 0) is 40.0 Å². The van der Waals surface area contributed by atoms with Crippen molar-refractivity contribution < 1.29 is 38.2 Å². The first-order chi connectivity index (χ1) is 15.3. The number of esters is 2. The van der Waals surface area contributed by atoms with E-state index in [2.05, 4.69) is 20.1 Å². The number of nitrogens with one attached hydrogen (secondary N) is 2. The van der Waals surface area contributed by atoms with E-state index in [4.69, 9.17) is 4.74 Å². The minimum atomic E-state index is -1.29. The molecule has 0 aliphatic carbocycles. The van der Waals surface area contributed by atoms with E-state index in [9.17, 15) is 24.0 Å². The highest BCUT2D eigenvalue weighted by Crippen LogP contribution is 2.35. The molecule has 174 valence electrons. The van der Waals surface area contributed by atoms with Crippen LogP contribution in [0.3, 0.4) is 0 Å². The van der Waals surface area contributed by atoms with Crippen LogP contribution in [0.4, 0.5) is 4.79 Å². The van der Waals surface area contributed by atoms with E-state index in [1.54, 1.807) is 0 Å². The summed E-state index contributed by atoms with van der Waals surface area (Å²) in [5.74, 6) is -2.43. The van der Waals surface area contributed by atoms with Crippen LogP contribution in [0.5, 0.6) is 0 Å². The SMILES string of the molecule is COC(=O)CNC(=O)C[C@@]1(C(=O)NCC(=O)OC)CCN(C(=O)OCc2ccccc2)C1. The van der Waals surface area contributed by atoms with Crippen LogP contribution >= 0.6 is 0 Å². The number of likely N-dealkylation sites (tertiary alicyclic amines) is 1. The topological polar surface area (TPSA) is 140 Å². The highest BCUT2D eigenvalue weighted by atomic mass is 16.6. The number of amides is 3. The van der Waals surface area contributed by atoms with Crippen LogP contribution in [0.25, 0.3) is 0 Å². The number of carbonyl (C=O) groups is 5. The van der Waals surface area contributed by atoms with Crippen molar-refractivity contribution in [3.8, 4) is 0 Å². The van der Waals surface area contributed by atoms with Gasteiger partial charge in [-0.2, -0.15) is 0 Å². The predicted molar refractivity (Wildman–Crippen MR) is 110 cm³/mol. The quantitative estimate of drug-likeness (QED) is 0.396. The third kappa shape index (κ3) is 6.96. The number of carbonyl (C=O) groups excluding carboxylic acids is 5. The van der Waals surface area contributed by atoms with Gasteiger partial charge in [-0.05, 0) is 12.0 Å². The van der Waals surface area contributed by atoms with Gasteiger partial charge in [-0.1, -0.05) is 30.3 Å². The number of rotatable bonds is 9. The van der Waals surface area contributed by atoms with Crippen LogP contribution in [0, 0.1) is 5.41 Å². The van der Waals surface area contributed by atoms with Gasteiger partial charge in [0.15, 0.2) is 0 Å². The Labute approximate surface area is 185 Å².